The fourth-order valence-electron chi connectivity index (χ4n) is 2.47. The maximum atomic E-state index is 12.5. The van der Waals surface area contributed by atoms with E-state index in [9.17, 15) is 20.1 Å². The first-order chi connectivity index (χ1) is 9.15. The second kappa shape index (κ2) is 5.65. The molecule has 0 heterocycles. The van der Waals surface area contributed by atoms with Crippen molar-refractivity contribution in [2.24, 2.45) is 5.41 Å². The molecule has 3 N–H and O–H groups in total. The van der Waals surface area contributed by atoms with E-state index in [-0.39, 0.29) is 0 Å². The Morgan fingerprint density at radius 1 is 1.16 bits per heavy atom. The van der Waals surface area contributed by atoms with Crippen LogP contribution in [-0.2, 0) is 4.79 Å². The van der Waals surface area contributed by atoms with Crippen LogP contribution >= 0.6 is 0 Å². The molecule has 0 spiro atoms. The lowest BCUT2D eigenvalue weighted by Crippen LogP contribution is -2.46. The highest BCUT2D eigenvalue weighted by atomic mass is 16.3. The Bertz CT molecular complexity index is 478. The van der Waals surface area contributed by atoms with E-state index in [4.69, 9.17) is 0 Å². The fourth-order valence-corrected chi connectivity index (χ4v) is 2.47. The molecule has 0 amide bonds. The van der Waals surface area contributed by atoms with Gasteiger partial charge in [0.2, 0.25) is 0 Å². The highest BCUT2D eigenvalue weighted by Gasteiger charge is 2.44. The van der Waals surface area contributed by atoms with Crippen molar-refractivity contribution in [3.63, 3.8) is 0 Å². The van der Waals surface area contributed by atoms with Crippen molar-refractivity contribution in [3.05, 3.63) is 47.6 Å². The van der Waals surface area contributed by atoms with E-state index < -0.39 is 30.5 Å². The first-order valence-corrected chi connectivity index (χ1v) is 6.31. The molecule has 4 nitrogen and oxygen atoms in total. The highest BCUT2D eigenvalue weighted by molar-refractivity contribution is 5.94. The molecule has 19 heavy (non-hydrogen) atoms. The van der Waals surface area contributed by atoms with Crippen molar-refractivity contribution in [2.75, 3.05) is 13.2 Å². The number of allylic oxidation sites excluding steroid dienone is 6. The van der Waals surface area contributed by atoms with Gasteiger partial charge in [-0.3, -0.25) is 4.79 Å². The molecule has 0 aromatic carbocycles. The van der Waals surface area contributed by atoms with E-state index in [1.54, 1.807) is 24.3 Å². The molecular formula is C15H18O4. The Balaban J connectivity index is 2.26. The van der Waals surface area contributed by atoms with Gasteiger partial charge in [-0.15, -0.1) is 0 Å². The number of carbonyl (C=O) groups is 1. The lowest BCUT2D eigenvalue weighted by Gasteiger charge is -2.32. The first-order valence-electron chi connectivity index (χ1n) is 6.31. The van der Waals surface area contributed by atoms with E-state index in [1.807, 2.05) is 12.2 Å². The van der Waals surface area contributed by atoms with Crippen LogP contribution in [0.25, 0.3) is 0 Å². The van der Waals surface area contributed by atoms with E-state index >= 15 is 0 Å². The molecule has 1 unspecified atom stereocenters. The minimum Gasteiger partial charge on any atom is -0.395 e. The summed E-state index contributed by atoms with van der Waals surface area (Å²) >= 11 is 0. The predicted molar refractivity (Wildman–Crippen MR) is 71.3 cm³/mol. The van der Waals surface area contributed by atoms with Gasteiger partial charge in [0, 0.05) is 0 Å². The molecule has 0 bridgehead atoms. The molecule has 2 rings (SSSR count). The minimum absolute atomic E-state index is 0.506. The fraction of sp³-hybridized carbons (Fsp3) is 0.400. The summed E-state index contributed by atoms with van der Waals surface area (Å²) in [6.45, 7) is -1.01. The smallest absolute Gasteiger partial charge is 0.180 e. The minimum atomic E-state index is -1.40. The highest BCUT2D eigenvalue weighted by Crippen LogP contribution is 2.36. The predicted octanol–water partition coefficient (Wildman–Crippen LogP) is 0.660. The number of hydrogen-bond acceptors (Lipinski definition) is 4. The summed E-state index contributed by atoms with van der Waals surface area (Å²) in [6, 6.07) is 0. The second-order valence-corrected chi connectivity index (χ2v) is 4.86. The first kappa shape index (κ1) is 13.9. The molecule has 102 valence electrons. The normalized spacial score (nSPS) is 19.5. The third-order valence-electron chi connectivity index (χ3n) is 3.80. The van der Waals surface area contributed by atoms with E-state index in [2.05, 4.69) is 0 Å². The van der Waals surface area contributed by atoms with Crippen molar-refractivity contribution in [3.8, 4) is 0 Å². The molecule has 4 heteroatoms. The number of aliphatic hydroxyl groups is 3. The number of carbonyl (C=O) groups excluding carboxylic acids is 1. The summed E-state index contributed by atoms with van der Waals surface area (Å²) < 4.78 is 0. The monoisotopic (exact) mass is 262 g/mol. The quantitative estimate of drug-likeness (QED) is 0.657. The van der Waals surface area contributed by atoms with Gasteiger partial charge in [0.05, 0.1) is 18.6 Å². The molecule has 0 saturated heterocycles. The molecule has 2 aliphatic carbocycles. The van der Waals surface area contributed by atoms with Gasteiger partial charge in [-0.25, -0.2) is 0 Å². The zero-order valence-electron chi connectivity index (χ0n) is 10.6. The van der Waals surface area contributed by atoms with Gasteiger partial charge in [0.25, 0.3) is 0 Å². The molecule has 1 atom stereocenters. The molecule has 0 fully saturated rings. The average Bonchev–Trinajstić information content (AvgIpc) is 3.13. The third kappa shape index (κ3) is 2.34. The van der Waals surface area contributed by atoms with Crippen molar-refractivity contribution in [2.45, 2.75) is 18.9 Å². The van der Waals surface area contributed by atoms with Gasteiger partial charge in [-0.1, -0.05) is 36.5 Å². The summed E-state index contributed by atoms with van der Waals surface area (Å²) in [5, 5.41) is 29.4. The van der Waals surface area contributed by atoms with Crippen LogP contribution in [0.5, 0.6) is 0 Å². The molecule has 2 aliphatic rings. The van der Waals surface area contributed by atoms with Gasteiger partial charge in [-0.05, 0) is 24.0 Å². The standard InChI is InChI=1S/C15H18O4/c16-9-15(10-17,12-7-3-4-8-12)14(19)13(18)11-5-1-2-6-11/h1-5,7,13,16-18H,6,8-10H2. The lowest BCUT2D eigenvalue weighted by molar-refractivity contribution is -0.138. The Hall–Kier alpha value is -1.49. The molecule has 0 radical (unpaired) electrons. The summed E-state index contributed by atoms with van der Waals surface area (Å²) in [5.74, 6) is -0.539. The van der Waals surface area contributed by atoms with Gasteiger partial charge < -0.3 is 15.3 Å². The van der Waals surface area contributed by atoms with Gasteiger partial charge in [0.15, 0.2) is 5.78 Å². The zero-order valence-corrected chi connectivity index (χ0v) is 10.6. The zero-order chi connectivity index (χ0) is 13.9. The topological polar surface area (TPSA) is 77.8 Å². The second-order valence-electron chi connectivity index (χ2n) is 4.86. The molecule has 0 saturated carbocycles. The number of hydrogen-bond donors (Lipinski definition) is 3. The van der Waals surface area contributed by atoms with E-state index in [0.717, 1.165) is 0 Å². The molecule has 0 aromatic rings. The van der Waals surface area contributed by atoms with Gasteiger partial charge in [0.1, 0.15) is 6.10 Å². The third-order valence-corrected chi connectivity index (χ3v) is 3.80. The van der Waals surface area contributed by atoms with Gasteiger partial charge in [-0.2, -0.15) is 0 Å². The van der Waals surface area contributed by atoms with Crippen molar-refractivity contribution in [1.82, 2.24) is 0 Å². The Morgan fingerprint density at radius 2 is 1.79 bits per heavy atom. The average molecular weight is 262 g/mol. The number of ketones is 1. The summed E-state index contributed by atoms with van der Waals surface area (Å²) in [6.07, 6.45) is 10.4. The molecule has 0 aliphatic heterocycles. The Morgan fingerprint density at radius 3 is 2.26 bits per heavy atom. The van der Waals surface area contributed by atoms with Crippen LogP contribution in [0, 0.1) is 5.41 Å². The summed E-state index contributed by atoms with van der Waals surface area (Å²) in [7, 11) is 0. The Labute approximate surface area is 112 Å². The van der Waals surface area contributed by atoms with Crippen LogP contribution in [0.15, 0.2) is 47.6 Å². The maximum Gasteiger partial charge on any atom is 0.180 e. The van der Waals surface area contributed by atoms with Crippen molar-refractivity contribution < 1.29 is 20.1 Å². The van der Waals surface area contributed by atoms with Crippen LogP contribution in [0.2, 0.25) is 0 Å². The summed E-state index contributed by atoms with van der Waals surface area (Å²) in [4.78, 5) is 12.5. The van der Waals surface area contributed by atoms with Crippen LogP contribution in [0.1, 0.15) is 12.8 Å². The number of aliphatic hydroxyl groups excluding tert-OH is 3. The summed E-state index contributed by atoms with van der Waals surface area (Å²) in [5.41, 5.74) is -0.150. The van der Waals surface area contributed by atoms with Crippen molar-refractivity contribution in [1.29, 1.82) is 0 Å². The van der Waals surface area contributed by atoms with Crippen molar-refractivity contribution >= 4 is 5.78 Å². The van der Waals surface area contributed by atoms with Crippen LogP contribution < -0.4 is 0 Å². The van der Waals surface area contributed by atoms with Crippen LogP contribution in [0.3, 0.4) is 0 Å². The lowest BCUT2D eigenvalue weighted by atomic mass is 9.74. The Kier molecular flexibility index (Phi) is 4.14. The van der Waals surface area contributed by atoms with Crippen LogP contribution in [-0.4, -0.2) is 40.4 Å². The largest absolute Gasteiger partial charge is 0.395 e. The van der Waals surface area contributed by atoms with Crippen LogP contribution in [0.4, 0.5) is 0 Å². The SMILES string of the molecule is O=C(C(O)C1=CC=CC1)C(CO)(CO)C1=CC=CC1. The number of Topliss-reactive ketones (excluding diaryl/α,β-unsaturated/α-hetero) is 1. The number of rotatable bonds is 6. The molecule has 0 aromatic heterocycles. The van der Waals surface area contributed by atoms with E-state index in [0.29, 0.717) is 24.0 Å². The molecular weight excluding hydrogens is 244 g/mol. The maximum absolute atomic E-state index is 12.5. The van der Waals surface area contributed by atoms with E-state index in [1.165, 1.54) is 0 Å². The van der Waals surface area contributed by atoms with Gasteiger partial charge >= 0.3 is 0 Å².